The normalized spacial score (nSPS) is 29.2. The summed E-state index contributed by atoms with van der Waals surface area (Å²) in [6, 6.07) is 7.77. The minimum Gasteiger partial charge on any atom is -0.454 e. The summed E-state index contributed by atoms with van der Waals surface area (Å²) in [5, 5.41) is 3.69. The number of benzene rings is 1. The molecule has 0 aromatic heterocycles. The Balaban J connectivity index is 1.50. The fourth-order valence-corrected chi connectivity index (χ4v) is 3.82. The third-order valence-corrected chi connectivity index (χ3v) is 4.83. The molecular weight excluding hydrogens is 252 g/mol. The highest BCUT2D eigenvalue weighted by atomic mass is 16.7. The minimum atomic E-state index is 0.358. The molecule has 1 saturated carbocycles. The van der Waals surface area contributed by atoms with Crippen LogP contribution >= 0.6 is 0 Å². The molecule has 2 unspecified atom stereocenters. The molecule has 20 heavy (non-hydrogen) atoms. The van der Waals surface area contributed by atoms with Crippen molar-refractivity contribution in [2.75, 3.05) is 19.9 Å². The third-order valence-electron chi connectivity index (χ3n) is 4.83. The standard InChI is InChI=1S/C16H22N2O2/c1-2-4-14-13(3-1)17-7-8-18(14)10-12-5-6-15-16(9-12)20-11-19-15/h5-6,9,13-14,17H,1-4,7-8,10-11H2. The average Bonchev–Trinajstić information content (AvgIpc) is 2.95. The Bertz CT molecular complexity index is 489. The summed E-state index contributed by atoms with van der Waals surface area (Å²) >= 11 is 0. The molecule has 2 atom stereocenters. The molecule has 1 N–H and O–H groups in total. The predicted molar refractivity (Wildman–Crippen MR) is 77.0 cm³/mol. The van der Waals surface area contributed by atoms with Gasteiger partial charge in [-0.2, -0.15) is 0 Å². The molecule has 4 nitrogen and oxygen atoms in total. The zero-order chi connectivity index (χ0) is 13.4. The molecule has 2 heterocycles. The van der Waals surface area contributed by atoms with Gasteiger partial charge in [0.15, 0.2) is 11.5 Å². The van der Waals surface area contributed by atoms with Crippen molar-refractivity contribution in [3.05, 3.63) is 23.8 Å². The van der Waals surface area contributed by atoms with Crippen LogP contribution in [0.3, 0.4) is 0 Å². The van der Waals surface area contributed by atoms with Crippen LogP contribution < -0.4 is 14.8 Å². The first-order valence-corrected chi connectivity index (χ1v) is 7.76. The zero-order valence-corrected chi connectivity index (χ0v) is 11.8. The first kappa shape index (κ1) is 12.5. The lowest BCUT2D eigenvalue weighted by Gasteiger charge is -2.44. The lowest BCUT2D eigenvalue weighted by molar-refractivity contribution is 0.0815. The van der Waals surface area contributed by atoms with Crippen molar-refractivity contribution in [1.82, 2.24) is 10.2 Å². The van der Waals surface area contributed by atoms with Crippen molar-refractivity contribution in [3.63, 3.8) is 0 Å². The number of fused-ring (bicyclic) bond motifs is 2. The highest BCUT2D eigenvalue weighted by Gasteiger charge is 2.32. The second-order valence-corrected chi connectivity index (χ2v) is 6.07. The molecule has 2 aliphatic heterocycles. The lowest BCUT2D eigenvalue weighted by Crippen LogP contribution is -2.58. The largest absolute Gasteiger partial charge is 0.454 e. The van der Waals surface area contributed by atoms with Gasteiger partial charge in [-0.05, 0) is 30.5 Å². The van der Waals surface area contributed by atoms with E-state index in [1.54, 1.807) is 0 Å². The summed E-state index contributed by atoms with van der Waals surface area (Å²) in [7, 11) is 0. The van der Waals surface area contributed by atoms with Crippen LogP contribution in [0.25, 0.3) is 0 Å². The Kier molecular flexibility index (Phi) is 3.28. The number of nitrogens with zero attached hydrogens (tertiary/aromatic N) is 1. The summed E-state index contributed by atoms with van der Waals surface area (Å²) in [6.45, 7) is 3.65. The topological polar surface area (TPSA) is 33.7 Å². The highest BCUT2D eigenvalue weighted by molar-refractivity contribution is 5.44. The molecular formula is C16H22N2O2. The fraction of sp³-hybridized carbons (Fsp3) is 0.625. The zero-order valence-electron chi connectivity index (χ0n) is 11.8. The Morgan fingerprint density at radius 2 is 2.05 bits per heavy atom. The van der Waals surface area contributed by atoms with Gasteiger partial charge < -0.3 is 14.8 Å². The molecule has 1 aromatic carbocycles. The minimum absolute atomic E-state index is 0.358. The molecule has 4 rings (SSSR count). The molecule has 2 fully saturated rings. The first-order chi connectivity index (χ1) is 9.90. The number of hydrogen-bond donors (Lipinski definition) is 1. The molecule has 3 aliphatic rings. The second-order valence-electron chi connectivity index (χ2n) is 6.07. The van der Waals surface area contributed by atoms with Crippen molar-refractivity contribution < 1.29 is 9.47 Å². The molecule has 0 bridgehead atoms. The van der Waals surface area contributed by atoms with Crippen molar-refractivity contribution in [2.45, 2.75) is 44.3 Å². The van der Waals surface area contributed by atoms with E-state index in [1.165, 1.54) is 31.2 Å². The van der Waals surface area contributed by atoms with Gasteiger partial charge in [0, 0.05) is 31.7 Å². The van der Waals surface area contributed by atoms with Gasteiger partial charge in [0.1, 0.15) is 0 Å². The maximum absolute atomic E-state index is 5.48. The van der Waals surface area contributed by atoms with Crippen LogP contribution in [0.4, 0.5) is 0 Å². The smallest absolute Gasteiger partial charge is 0.231 e. The van der Waals surface area contributed by atoms with E-state index in [4.69, 9.17) is 9.47 Å². The van der Waals surface area contributed by atoms with Crippen LogP contribution in [0.1, 0.15) is 31.2 Å². The average molecular weight is 274 g/mol. The second kappa shape index (κ2) is 5.26. The van der Waals surface area contributed by atoms with Gasteiger partial charge in [-0.3, -0.25) is 4.90 Å². The summed E-state index contributed by atoms with van der Waals surface area (Å²) < 4.78 is 10.9. The summed E-state index contributed by atoms with van der Waals surface area (Å²) in [5.74, 6) is 1.78. The van der Waals surface area contributed by atoms with Gasteiger partial charge in [-0.25, -0.2) is 0 Å². The lowest BCUT2D eigenvalue weighted by atomic mass is 9.87. The first-order valence-electron chi connectivity index (χ1n) is 7.76. The van der Waals surface area contributed by atoms with Crippen molar-refractivity contribution >= 4 is 0 Å². The van der Waals surface area contributed by atoms with E-state index >= 15 is 0 Å². The molecule has 0 radical (unpaired) electrons. The molecule has 1 aromatic rings. The van der Waals surface area contributed by atoms with Crippen molar-refractivity contribution in [3.8, 4) is 11.5 Å². The maximum Gasteiger partial charge on any atom is 0.231 e. The van der Waals surface area contributed by atoms with Gasteiger partial charge in [0.25, 0.3) is 0 Å². The predicted octanol–water partition coefficient (Wildman–Crippen LogP) is 2.13. The van der Waals surface area contributed by atoms with Crippen molar-refractivity contribution in [1.29, 1.82) is 0 Å². The number of nitrogens with one attached hydrogen (secondary N) is 1. The SMILES string of the molecule is c1cc2c(cc1CN1CCNC3CCCCC31)OCO2. The Morgan fingerprint density at radius 1 is 1.15 bits per heavy atom. The molecule has 1 aliphatic carbocycles. The van der Waals surface area contributed by atoms with Gasteiger partial charge >= 0.3 is 0 Å². The quantitative estimate of drug-likeness (QED) is 0.896. The monoisotopic (exact) mass is 274 g/mol. The van der Waals surface area contributed by atoms with E-state index in [9.17, 15) is 0 Å². The molecule has 0 spiro atoms. The number of hydrogen-bond acceptors (Lipinski definition) is 4. The van der Waals surface area contributed by atoms with Crippen molar-refractivity contribution in [2.24, 2.45) is 0 Å². The van der Waals surface area contributed by atoms with E-state index in [0.717, 1.165) is 31.1 Å². The van der Waals surface area contributed by atoms with Crippen LogP contribution in [0.2, 0.25) is 0 Å². The number of piperazine rings is 1. The Morgan fingerprint density at radius 3 is 3.05 bits per heavy atom. The molecule has 4 heteroatoms. The fourth-order valence-electron chi connectivity index (χ4n) is 3.82. The van der Waals surface area contributed by atoms with Crippen LogP contribution in [-0.2, 0) is 6.54 Å². The molecule has 1 saturated heterocycles. The van der Waals surface area contributed by atoms with Crippen LogP contribution in [0.15, 0.2) is 18.2 Å². The molecule has 0 amide bonds. The highest BCUT2D eigenvalue weighted by Crippen LogP contribution is 2.33. The van der Waals surface area contributed by atoms with Crippen LogP contribution in [0.5, 0.6) is 11.5 Å². The summed E-state index contributed by atoms with van der Waals surface area (Å²) in [4.78, 5) is 2.65. The van der Waals surface area contributed by atoms with Gasteiger partial charge in [0.05, 0.1) is 0 Å². The molecule has 108 valence electrons. The van der Waals surface area contributed by atoms with Crippen LogP contribution in [-0.4, -0.2) is 36.9 Å². The number of ether oxygens (including phenoxy) is 2. The Hall–Kier alpha value is -1.26. The van der Waals surface area contributed by atoms with E-state index < -0.39 is 0 Å². The number of rotatable bonds is 2. The van der Waals surface area contributed by atoms with Crippen LogP contribution in [0, 0.1) is 0 Å². The maximum atomic E-state index is 5.48. The van der Waals surface area contributed by atoms with E-state index in [0.29, 0.717) is 18.9 Å². The summed E-state index contributed by atoms with van der Waals surface area (Å²) in [6.07, 6.45) is 5.43. The third kappa shape index (κ3) is 2.27. The van der Waals surface area contributed by atoms with Gasteiger partial charge in [-0.1, -0.05) is 18.9 Å². The Labute approximate surface area is 120 Å². The summed E-state index contributed by atoms with van der Waals surface area (Å²) in [5.41, 5.74) is 1.33. The van der Waals surface area contributed by atoms with E-state index in [1.807, 2.05) is 6.07 Å². The van der Waals surface area contributed by atoms with E-state index in [2.05, 4.69) is 22.3 Å². The van der Waals surface area contributed by atoms with Gasteiger partial charge in [0.2, 0.25) is 6.79 Å². The van der Waals surface area contributed by atoms with Gasteiger partial charge in [-0.15, -0.1) is 0 Å². The van der Waals surface area contributed by atoms with E-state index in [-0.39, 0.29) is 0 Å².